The molecule has 1 aromatic rings. The number of diazo groups is 1. The van der Waals surface area contributed by atoms with Crippen LogP contribution in [0.15, 0.2) is 12.1 Å². The number of nitrogens with zero attached hydrogens (tertiary/aromatic N) is 3. The molecule has 0 atom stereocenters. The van der Waals surface area contributed by atoms with Crippen molar-refractivity contribution in [1.82, 2.24) is 0 Å². The number of hydrogen-bond donors (Lipinski definition) is 0. The van der Waals surface area contributed by atoms with Crippen LogP contribution in [0.25, 0.3) is 4.98 Å². The van der Waals surface area contributed by atoms with Crippen molar-refractivity contribution in [2.24, 2.45) is 0 Å². The second-order valence-corrected chi connectivity index (χ2v) is 8.70. The van der Waals surface area contributed by atoms with Gasteiger partial charge in [0.1, 0.15) is 0 Å². The Morgan fingerprint density at radius 3 is 1.79 bits per heavy atom. The SMILES string of the molecule is CC(C)Oc1cc(N2CCOCC2)c(OC(C)C)cc1[N+]#N.F[P-](F)(F)(F)(F)F. The summed E-state index contributed by atoms with van der Waals surface area (Å²) in [6.07, 6.45) is 0.0260. The number of rotatable bonds is 5. The fourth-order valence-electron chi connectivity index (χ4n) is 2.36. The maximum atomic E-state index is 9.87. The quantitative estimate of drug-likeness (QED) is 0.275. The molecule has 13 heteroatoms. The molecule has 0 N–H and O–H groups in total. The molecule has 1 aromatic carbocycles. The fraction of sp³-hybridized carbons (Fsp3) is 0.625. The molecule has 0 aromatic heterocycles. The second-order valence-electron chi connectivity index (χ2n) is 6.78. The average Bonchev–Trinajstić information content (AvgIpc) is 2.52. The zero-order chi connectivity index (χ0) is 22.5. The molecule has 0 aliphatic carbocycles. The standard InChI is InChI=1S/C16H24N3O3.F6P/c1-11(2)21-15-10-14(19-5-7-20-8-6-19)16(22-12(3)4)9-13(15)18-17;1-7(2,3,4,5)6/h9-12H,5-8H2,1-4H3;/q+1;-1. The van der Waals surface area contributed by atoms with Crippen molar-refractivity contribution in [2.75, 3.05) is 31.2 Å². The molecule has 1 aliphatic rings. The Morgan fingerprint density at radius 2 is 1.38 bits per heavy atom. The number of hydrogen-bond acceptors (Lipinski definition) is 5. The molecule has 168 valence electrons. The molecule has 1 saturated heterocycles. The van der Waals surface area contributed by atoms with Gasteiger partial charge in [-0.25, -0.2) is 0 Å². The van der Waals surface area contributed by atoms with E-state index < -0.39 is 7.81 Å². The normalized spacial score (nSPS) is 17.0. The van der Waals surface area contributed by atoms with Crippen LogP contribution in [0.2, 0.25) is 0 Å². The third-order valence-corrected chi connectivity index (χ3v) is 3.23. The van der Waals surface area contributed by atoms with E-state index in [2.05, 4.69) is 9.88 Å². The maximum absolute atomic E-state index is 10.7. The molecule has 0 radical (unpaired) electrons. The van der Waals surface area contributed by atoms with Crippen molar-refractivity contribution in [1.29, 1.82) is 5.39 Å². The summed E-state index contributed by atoms with van der Waals surface area (Å²) < 4.78 is 76.3. The van der Waals surface area contributed by atoms with Gasteiger partial charge in [0.25, 0.3) is 0 Å². The third kappa shape index (κ3) is 11.6. The van der Waals surface area contributed by atoms with Gasteiger partial charge in [-0.15, -0.1) is 0 Å². The van der Waals surface area contributed by atoms with Crippen LogP contribution in [0.5, 0.6) is 11.5 Å². The van der Waals surface area contributed by atoms with Crippen molar-refractivity contribution in [3.63, 3.8) is 0 Å². The Morgan fingerprint density at radius 1 is 0.931 bits per heavy atom. The average molecular weight is 451 g/mol. The van der Waals surface area contributed by atoms with Crippen molar-refractivity contribution in [2.45, 2.75) is 39.9 Å². The summed E-state index contributed by atoms with van der Waals surface area (Å²) in [4.78, 5) is 5.53. The van der Waals surface area contributed by atoms with Gasteiger partial charge in [0.15, 0.2) is 10.7 Å². The van der Waals surface area contributed by atoms with Gasteiger partial charge in [-0.1, -0.05) is 0 Å². The van der Waals surface area contributed by atoms with Crippen LogP contribution in [-0.4, -0.2) is 38.5 Å². The van der Waals surface area contributed by atoms with Crippen LogP contribution in [0.1, 0.15) is 27.7 Å². The molecular formula is C16H24F6N3O3P. The fourth-order valence-corrected chi connectivity index (χ4v) is 2.36. The molecule has 1 fully saturated rings. The molecule has 0 amide bonds. The van der Waals surface area contributed by atoms with Crippen LogP contribution in [0, 0.1) is 5.39 Å². The molecule has 1 heterocycles. The Bertz CT molecular complexity index is 733. The number of halogens is 6. The Hall–Kier alpha value is -1.99. The molecular weight excluding hydrogens is 427 g/mol. The topological polar surface area (TPSA) is 59.1 Å². The zero-order valence-electron chi connectivity index (χ0n) is 16.4. The van der Waals surface area contributed by atoms with E-state index in [0.29, 0.717) is 30.4 Å². The summed E-state index contributed by atoms with van der Waals surface area (Å²) in [6, 6.07) is 3.61. The van der Waals surface area contributed by atoms with Gasteiger partial charge >= 0.3 is 38.7 Å². The van der Waals surface area contributed by atoms with Crippen LogP contribution >= 0.6 is 7.81 Å². The first-order chi connectivity index (χ1) is 13.0. The predicted molar refractivity (Wildman–Crippen MR) is 99.3 cm³/mol. The monoisotopic (exact) mass is 451 g/mol. The van der Waals surface area contributed by atoms with E-state index in [0.717, 1.165) is 18.8 Å². The van der Waals surface area contributed by atoms with E-state index in [4.69, 9.17) is 14.2 Å². The van der Waals surface area contributed by atoms with E-state index in [1.165, 1.54) is 0 Å². The van der Waals surface area contributed by atoms with Gasteiger partial charge in [0.2, 0.25) is 11.1 Å². The van der Waals surface area contributed by atoms with Crippen molar-refractivity contribution < 1.29 is 39.4 Å². The van der Waals surface area contributed by atoms with Gasteiger partial charge in [0, 0.05) is 19.2 Å². The number of morpholine rings is 1. The molecule has 0 unspecified atom stereocenters. The van der Waals surface area contributed by atoms with Gasteiger partial charge < -0.3 is 19.1 Å². The van der Waals surface area contributed by atoms with E-state index in [1.807, 2.05) is 33.8 Å². The summed E-state index contributed by atoms with van der Waals surface area (Å²) in [5.41, 5.74) is 1.32. The first-order valence-corrected chi connectivity index (χ1v) is 10.7. The van der Waals surface area contributed by atoms with E-state index >= 15 is 0 Å². The molecule has 2 rings (SSSR count). The summed E-state index contributed by atoms with van der Waals surface area (Å²) in [5, 5.41) is 9.25. The molecule has 0 bridgehead atoms. The third-order valence-electron chi connectivity index (χ3n) is 3.23. The van der Waals surface area contributed by atoms with Gasteiger partial charge in [-0.2, -0.15) is 0 Å². The van der Waals surface area contributed by atoms with Crippen LogP contribution < -0.4 is 14.4 Å². The van der Waals surface area contributed by atoms with E-state index in [1.54, 1.807) is 6.07 Å². The van der Waals surface area contributed by atoms with Crippen molar-refractivity contribution in [3.05, 3.63) is 17.1 Å². The minimum atomic E-state index is -10.7. The van der Waals surface area contributed by atoms with Crippen LogP contribution in [0.3, 0.4) is 0 Å². The summed E-state index contributed by atoms with van der Waals surface area (Å²) >= 11 is 0. The Kier molecular flexibility index (Phi) is 7.25. The molecule has 0 saturated carbocycles. The molecule has 29 heavy (non-hydrogen) atoms. The molecule has 0 spiro atoms. The van der Waals surface area contributed by atoms with Gasteiger partial charge in [-0.05, 0) is 27.7 Å². The van der Waals surface area contributed by atoms with E-state index in [-0.39, 0.29) is 12.2 Å². The number of benzene rings is 1. The summed E-state index contributed by atoms with van der Waals surface area (Å²) in [7, 11) is -10.7. The van der Waals surface area contributed by atoms with Crippen molar-refractivity contribution >= 4 is 19.2 Å². The van der Waals surface area contributed by atoms with Gasteiger partial charge in [0.05, 0.1) is 37.2 Å². The van der Waals surface area contributed by atoms with Crippen molar-refractivity contribution in [3.8, 4) is 11.5 Å². The Balaban J connectivity index is 0.000000516. The molecule has 1 aliphatic heterocycles. The zero-order valence-corrected chi connectivity index (χ0v) is 17.3. The van der Waals surface area contributed by atoms with Crippen LogP contribution in [-0.2, 0) is 4.74 Å². The minimum absolute atomic E-state index is 0.00472. The summed E-state index contributed by atoms with van der Waals surface area (Å²) in [6.45, 7) is 10.8. The Labute approximate surface area is 164 Å². The molecule has 6 nitrogen and oxygen atoms in total. The summed E-state index contributed by atoms with van der Waals surface area (Å²) in [5.74, 6) is 1.25. The first kappa shape index (κ1) is 25.0. The second kappa shape index (κ2) is 8.40. The predicted octanol–water partition coefficient (Wildman–Crippen LogP) is 6.96. The van der Waals surface area contributed by atoms with Crippen LogP contribution in [0.4, 0.5) is 36.6 Å². The first-order valence-electron chi connectivity index (χ1n) is 8.71. The number of anilines is 1. The number of ether oxygens (including phenoxy) is 3. The van der Waals surface area contributed by atoms with E-state index in [9.17, 15) is 30.6 Å². The van der Waals surface area contributed by atoms with Gasteiger partial charge in [-0.3, -0.25) is 0 Å².